The Morgan fingerprint density at radius 2 is 1.97 bits per heavy atom. The Kier molecular flexibility index (Phi) is 6.37. The number of hydrogen-bond donors (Lipinski definition) is 1. The minimum absolute atomic E-state index is 0.0766. The normalized spacial score (nSPS) is 18.7. The van der Waals surface area contributed by atoms with Crippen molar-refractivity contribution in [1.82, 2.24) is 25.1 Å². The van der Waals surface area contributed by atoms with Crippen LogP contribution in [0.5, 0.6) is 5.75 Å². The molecule has 1 N–H and O–H groups in total. The molecule has 156 valence electrons. The molecule has 4 rings (SSSR count). The van der Waals surface area contributed by atoms with Gasteiger partial charge in [-0.1, -0.05) is 12.1 Å². The van der Waals surface area contributed by atoms with Crippen LogP contribution in [0.15, 0.2) is 55.2 Å². The highest BCUT2D eigenvalue weighted by Gasteiger charge is 2.24. The average molecular weight is 406 g/mol. The molecule has 1 aliphatic rings. The van der Waals surface area contributed by atoms with Crippen molar-refractivity contribution in [1.29, 1.82) is 0 Å². The largest absolute Gasteiger partial charge is 0.494 e. The van der Waals surface area contributed by atoms with E-state index in [9.17, 15) is 4.79 Å². The Morgan fingerprint density at radius 1 is 1.17 bits per heavy atom. The summed E-state index contributed by atoms with van der Waals surface area (Å²) in [6, 6.07) is 10.2. The van der Waals surface area contributed by atoms with Crippen LogP contribution in [0.2, 0.25) is 0 Å². The van der Waals surface area contributed by atoms with Gasteiger partial charge >= 0.3 is 0 Å². The Bertz CT molecular complexity index is 947. The van der Waals surface area contributed by atoms with Gasteiger partial charge in [0.25, 0.3) is 0 Å². The van der Waals surface area contributed by atoms with Crippen LogP contribution in [0.25, 0.3) is 11.3 Å². The quantitative estimate of drug-likeness (QED) is 0.650. The first-order valence-corrected chi connectivity index (χ1v) is 10.5. The van der Waals surface area contributed by atoms with Crippen molar-refractivity contribution in [2.45, 2.75) is 51.1 Å². The van der Waals surface area contributed by atoms with Crippen molar-refractivity contribution in [2.75, 3.05) is 6.61 Å². The smallest absolute Gasteiger partial charge is 0.224 e. The zero-order valence-electron chi connectivity index (χ0n) is 17.2. The third kappa shape index (κ3) is 5.03. The summed E-state index contributed by atoms with van der Waals surface area (Å²) in [6.07, 6.45) is 11.5. The van der Waals surface area contributed by atoms with Gasteiger partial charge in [0, 0.05) is 24.0 Å². The van der Waals surface area contributed by atoms with Gasteiger partial charge < -0.3 is 10.1 Å². The number of aromatic nitrogens is 4. The predicted octanol–water partition coefficient (Wildman–Crippen LogP) is 3.58. The van der Waals surface area contributed by atoms with E-state index in [1.807, 2.05) is 48.1 Å². The minimum atomic E-state index is 0.0766. The van der Waals surface area contributed by atoms with Crippen LogP contribution in [0, 0.1) is 0 Å². The van der Waals surface area contributed by atoms with E-state index in [1.54, 1.807) is 12.5 Å². The Balaban J connectivity index is 1.25. The molecule has 0 atom stereocenters. The van der Waals surface area contributed by atoms with Crippen LogP contribution < -0.4 is 10.1 Å². The summed E-state index contributed by atoms with van der Waals surface area (Å²) >= 11 is 0. The molecule has 7 nitrogen and oxygen atoms in total. The molecule has 2 aromatic heterocycles. The molecular formula is C23H27N5O2. The van der Waals surface area contributed by atoms with Gasteiger partial charge in [-0.05, 0) is 56.4 Å². The summed E-state index contributed by atoms with van der Waals surface area (Å²) in [6.45, 7) is 2.60. The Hall–Kier alpha value is -3.22. The third-order valence-electron chi connectivity index (χ3n) is 5.51. The van der Waals surface area contributed by atoms with E-state index in [0.717, 1.165) is 48.3 Å². The topological polar surface area (TPSA) is 81.9 Å². The molecule has 0 spiro atoms. The van der Waals surface area contributed by atoms with Crippen LogP contribution in [0.3, 0.4) is 0 Å². The zero-order valence-corrected chi connectivity index (χ0v) is 17.2. The minimum Gasteiger partial charge on any atom is -0.494 e. The van der Waals surface area contributed by atoms with Gasteiger partial charge in [-0.3, -0.25) is 9.48 Å². The Labute approximate surface area is 176 Å². The fourth-order valence-electron chi connectivity index (χ4n) is 3.95. The van der Waals surface area contributed by atoms with Crippen molar-refractivity contribution in [3.8, 4) is 17.0 Å². The molecule has 0 radical (unpaired) electrons. The molecule has 3 aromatic rings. The van der Waals surface area contributed by atoms with Crippen molar-refractivity contribution < 1.29 is 9.53 Å². The van der Waals surface area contributed by atoms with Crippen molar-refractivity contribution in [3.63, 3.8) is 0 Å². The van der Waals surface area contributed by atoms with Crippen molar-refractivity contribution >= 4 is 5.91 Å². The van der Waals surface area contributed by atoms with Crippen LogP contribution in [0.1, 0.15) is 44.2 Å². The molecule has 0 unspecified atom stereocenters. The summed E-state index contributed by atoms with van der Waals surface area (Å²) < 4.78 is 7.48. The number of rotatable bonds is 7. The highest BCUT2D eigenvalue weighted by Crippen LogP contribution is 2.29. The van der Waals surface area contributed by atoms with Crippen molar-refractivity contribution in [3.05, 3.63) is 60.8 Å². The standard InChI is InChI=1S/C23H27N5O2/c1-2-30-21-9-3-17(4-10-21)13-23(29)27-19-5-7-20(8-6-19)28-15-18(14-26-28)22-11-12-24-16-25-22/h3-4,9-12,14-16,19-20H,2,5-8,13H2,1H3,(H,27,29). The fourth-order valence-corrected chi connectivity index (χ4v) is 3.95. The van der Waals surface area contributed by atoms with Crippen LogP contribution >= 0.6 is 0 Å². The van der Waals surface area contributed by atoms with E-state index >= 15 is 0 Å². The van der Waals surface area contributed by atoms with E-state index < -0.39 is 0 Å². The van der Waals surface area contributed by atoms with Gasteiger partial charge in [0.1, 0.15) is 12.1 Å². The summed E-state index contributed by atoms with van der Waals surface area (Å²) in [5, 5.41) is 7.73. The van der Waals surface area contributed by atoms with E-state index in [0.29, 0.717) is 19.1 Å². The summed E-state index contributed by atoms with van der Waals surface area (Å²) in [5.41, 5.74) is 2.88. The number of benzene rings is 1. The molecule has 0 bridgehead atoms. The number of carbonyl (C=O) groups is 1. The Morgan fingerprint density at radius 3 is 2.67 bits per heavy atom. The van der Waals surface area contributed by atoms with Gasteiger partial charge in [-0.25, -0.2) is 9.97 Å². The lowest BCUT2D eigenvalue weighted by molar-refractivity contribution is -0.121. The van der Waals surface area contributed by atoms with Gasteiger partial charge in [0.05, 0.1) is 31.0 Å². The highest BCUT2D eigenvalue weighted by molar-refractivity contribution is 5.78. The van der Waals surface area contributed by atoms with E-state index in [4.69, 9.17) is 4.74 Å². The summed E-state index contributed by atoms with van der Waals surface area (Å²) in [5.74, 6) is 0.911. The molecule has 1 aliphatic carbocycles. The second-order valence-electron chi connectivity index (χ2n) is 7.63. The molecule has 1 aromatic carbocycles. The SMILES string of the molecule is CCOc1ccc(CC(=O)NC2CCC(n3cc(-c4ccncn4)cn3)CC2)cc1. The van der Waals surface area contributed by atoms with Crippen LogP contribution in [-0.2, 0) is 11.2 Å². The lowest BCUT2D eigenvalue weighted by atomic mass is 9.91. The number of hydrogen-bond acceptors (Lipinski definition) is 5. The maximum atomic E-state index is 12.4. The first-order chi connectivity index (χ1) is 14.7. The number of nitrogens with zero attached hydrogens (tertiary/aromatic N) is 4. The lowest BCUT2D eigenvalue weighted by Crippen LogP contribution is -2.38. The number of ether oxygens (including phenoxy) is 1. The third-order valence-corrected chi connectivity index (χ3v) is 5.51. The van der Waals surface area contributed by atoms with E-state index in [2.05, 4.69) is 26.6 Å². The molecule has 0 saturated heterocycles. The van der Waals surface area contributed by atoms with Crippen LogP contribution in [0.4, 0.5) is 0 Å². The van der Waals surface area contributed by atoms with Gasteiger partial charge in [-0.15, -0.1) is 0 Å². The number of nitrogens with one attached hydrogen (secondary N) is 1. The first kappa shape index (κ1) is 20.1. The maximum Gasteiger partial charge on any atom is 0.224 e. The number of carbonyl (C=O) groups excluding carboxylic acids is 1. The fraction of sp³-hybridized carbons (Fsp3) is 0.391. The van der Waals surface area contributed by atoms with Crippen molar-refractivity contribution in [2.24, 2.45) is 0 Å². The average Bonchev–Trinajstić information content (AvgIpc) is 3.27. The van der Waals surface area contributed by atoms with Crippen LogP contribution in [-0.4, -0.2) is 38.3 Å². The first-order valence-electron chi connectivity index (χ1n) is 10.5. The molecule has 30 heavy (non-hydrogen) atoms. The summed E-state index contributed by atoms with van der Waals surface area (Å²) in [7, 11) is 0. The zero-order chi connectivity index (χ0) is 20.8. The predicted molar refractivity (Wildman–Crippen MR) is 114 cm³/mol. The van der Waals surface area contributed by atoms with Gasteiger partial charge in [-0.2, -0.15) is 5.10 Å². The molecule has 1 saturated carbocycles. The molecule has 2 heterocycles. The summed E-state index contributed by atoms with van der Waals surface area (Å²) in [4.78, 5) is 20.7. The monoisotopic (exact) mass is 405 g/mol. The molecular weight excluding hydrogens is 378 g/mol. The second kappa shape index (κ2) is 9.52. The highest BCUT2D eigenvalue weighted by atomic mass is 16.5. The van der Waals surface area contributed by atoms with E-state index in [1.165, 1.54) is 0 Å². The lowest BCUT2D eigenvalue weighted by Gasteiger charge is -2.29. The molecule has 0 aliphatic heterocycles. The second-order valence-corrected chi connectivity index (χ2v) is 7.63. The van der Waals surface area contributed by atoms with Gasteiger partial charge in [0.2, 0.25) is 5.91 Å². The molecule has 1 fully saturated rings. The maximum absolute atomic E-state index is 12.4. The molecule has 7 heteroatoms. The van der Waals surface area contributed by atoms with Gasteiger partial charge in [0.15, 0.2) is 0 Å². The number of amides is 1. The van der Waals surface area contributed by atoms with E-state index in [-0.39, 0.29) is 11.9 Å². The molecule has 1 amide bonds.